The summed E-state index contributed by atoms with van der Waals surface area (Å²) in [7, 11) is 0. The van der Waals surface area contributed by atoms with E-state index in [0.29, 0.717) is 0 Å². The number of piperazine rings is 1. The van der Waals surface area contributed by atoms with Gasteiger partial charge in [-0.25, -0.2) is 9.50 Å². The van der Waals surface area contributed by atoms with Crippen molar-refractivity contribution >= 4 is 5.52 Å². The summed E-state index contributed by atoms with van der Waals surface area (Å²) >= 11 is 0. The topological polar surface area (TPSA) is 54.5 Å². The standard InChI is InChI=1S/C16H21N7/c1-3-18-23-4-2-15(11-16(1)23)12-21-7-5-20(6-8-21)9-10-22-14-17-13-19-22/h1-4,11,13-14H,5-10,12H2. The lowest BCUT2D eigenvalue weighted by Crippen LogP contribution is -2.46. The number of aromatic nitrogens is 5. The molecule has 120 valence electrons. The first-order chi connectivity index (χ1) is 11.4. The first-order valence-corrected chi connectivity index (χ1v) is 8.06. The van der Waals surface area contributed by atoms with Crippen molar-refractivity contribution in [1.82, 2.24) is 34.2 Å². The highest BCUT2D eigenvalue weighted by atomic mass is 15.3. The predicted octanol–water partition coefficient (Wildman–Crippen LogP) is 0.744. The second-order valence-electron chi connectivity index (χ2n) is 6.01. The van der Waals surface area contributed by atoms with Crippen molar-refractivity contribution in [3.05, 3.63) is 48.8 Å². The molecule has 0 unspecified atom stereocenters. The third-order valence-corrected chi connectivity index (χ3v) is 4.45. The molecule has 1 fully saturated rings. The molecule has 0 aromatic carbocycles. The lowest BCUT2D eigenvalue weighted by atomic mass is 10.2. The fourth-order valence-corrected chi connectivity index (χ4v) is 3.09. The molecule has 1 saturated heterocycles. The zero-order valence-electron chi connectivity index (χ0n) is 13.1. The molecular formula is C16H21N7. The van der Waals surface area contributed by atoms with E-state index >= 15 is 0 Å². The largest absolute Gasteiger partial charge is 0.299 e. The van der Waals surface area contributed by atoms with Crippen molar-refractivity contribution in [3.8, 4) is 0 Å². The molecule has 0 saturated carbocycles. The fourth-order valence-electron chi connectivity index (χ4n) is 3.09. The molecule has 0 atom stereocenters. The number of rotatable bonds is 5. The van der Waals surface area contributed by atoms with Crippen molar-refractivity contribution < 1.29 is 0 Å². The Hall–Kier alpha value is -2.25. The van der Waals surface area contributed by atoms with Crippen molar-refractivity contribution in [3.63, 3.8) is 0 Å². The average Bonchev–Trinajstić information content (AvgIpc) is 3.25. The summed E-state index contributed by atoms with van der Waals surface area (Å²) in [6.45, 7) is 7.42. The Balaban J connectivity index is 1.27. The quantitative estimate of drug-likeness (QED) is 0.696. The van der Waals surface area contributed by atoms with Gasteiger partial charge in [0.05, 0.1) is 12.1 Å². The molecule has 0 bridgehead atoms. The molecule has 1 aliphatic rings. The van der Waals surface area contributed by atoms with Gasteiger partial charge in [-0.1, -0.05) is 0 Å². The normalized spacial score (nSPS) is 17.0. The van der Waals surface area contributed by atoms with E-state index in [1.54, 1.807) is 12.7 Å². The van der Waals surface area contributed by atoms with Crippen molar-refractivity contribution in [2.24, 2.45) is 0 Å². The molecule has 7 heteroatoms. The molecule has 0 radical (unpaired) electrons. The van der Waals surface area contributed by atoms with Gasteiger partial charge in [0.15, 0.2) is 0 Å². The van der Waals surface area contributed by atoms with Gasteiger partial charge in [0.1, 0.15) is 12.7 Å². The van der Waals surface area contributed by atoms with Crippen molar-refractivity contribution in [2.75, 3.05) is 32.7 Å². The molecule has 0 spiro atoms. The number of nitrogens with zero attached hydrogens (tertiary/aromatic N) is 7. The summed E-state index contributed by atoms with van der Waals surface area (Å²) in [5.74, 6) is 0. The first-order valence-electron chi connectivity index (χ1n) is 8.06. The average molecular weight is 311 g/mol. The van der Waals surface area contributed by atoms with Crippen LogP contribution in [-0.2, 0) is 13.1 Å². The Morgan fingerprint density at radius 2 is 1.83 bits per heavy atom. The zero-order valence-corrected chi connectivity index (χ0v) is 13.1. The van der Waals surface area contributed by atoms with E-state index in [-0.39, 0.29) is 0 Å². The molecule has 3 aromatic heterocycles. The van der Waals surface area contributed by atoms with Crippen LogP contribution in [0.1, 0.15) is 5.56 Å². The van der Waals surface area contributed by atoms with E-state index in [2.05, 4.69) is 37.1 Å². The van der Waals surface area contributed by atoms with E-state index < -0.39 is 0 Å². The van der Waals surface area contributed by atoms with E-state index in [0.717, 1.165) is 51.3 Å². The summed E-state index contributed by atoms with van der Waals surface area (Å²) in [4.78, 5) is 9.00. The summed E-state index contributed by atoms with van der Waals surface area (Å²) < 4.78 is 3.80. The van der Waals surface area contributed by atoms with Gasteiger partial charge in [-0.3, -0.25) is 14.5 Å². The van der Waals surface area contributed by atoms with Gasteiger partial charge in [0.25, 0.3) is 0 Å². The van der Waals surface area contributed by atoms with Crippen LogP contribution in [0.3, 0.4) is 0 Å². The molecular weight excluding hydrogens is 290 g/mol. The Bertz CT molecular complexity index is 741. The molecule has 23 heavy (non-hydrogen) atoms. The monoisotopic (exact) mass is 311 g/mol. The number of hydrogen-bond donors (Lipinski definition) is 0. The Morgan fingerprint density at radius 3 is 2.65 bits per heavy atom. The Kier molecular flexibility index (Phi) is 4.04. The van der Waals surface area contributed by atoms with Gasteiger partial charge < -0.3 is 0 Å². The van der Waals surface area contributed by atoms with Crippen LogP contribution >= 0.6 is 0 Å². The van der Waals surface area contributed by atoms with Crippen LogP contribution in [-0.4, -0.2) is 66.9 Å². The minimum absolute atomic E-state index is 0.915. The van der Waals surface area contributed by atoms with Gasteiger partial charge in [0.2, 0.25) is 0 Å². The van der Waals surface area contributed by atoms with Crippen LogP contribution < -0.4 is 0 Å². The maximum absolute atomic E-state index is 4.24. The van der Waals surface area contributed by atoms with Crippen LogP contribution in [0.5, 0.6) is 0 Å². The zero-order chi connectivity index (χ0) is 15.5. The second kappa shape index (κ2) is 6.47. The Morgan fingerprint density at radius 1 is 0.957 bits per heavy atom. The highest BCUT2D eigenvalue weighted by molar-refractivity contribution is 5.47. The first kappa shape index (κ1) is 14.3. The summed E-state index contributed by atoms with van der Waals surface area (Å²) in [5, 5.41) is 8.40. The number of pyridine rings is 1. The third kappa shape index (κ3) is 3.40. The smallest absolute Gasteiger partial charge is 0.137 e. The van der Waals surface area contributed by atoms with E-state index in [1.165, 1.54) is 5.56 Å². The second-order valence-corrected chi connectivity index (χ2v) is 6.01. The third-order valence-electron chi connectivity index (χ3n) is 4.45. The van der Waals surface area contributed by atoms with Crippen LogP contribution in [0.15, 0.2) is 43.2 Å². The van der Waals surface area contributed by atoms with Crippen LogP contribution in [0.4, 0.5) is 0 Å². The van der Waals surface area contributed by atoms with E-state index in [1.807, 2.05) is 27.7 Å². The summed E-state index contributed by atoms with van der Waals surface area (Å²) in [6.07, 6.45) is 7.25. The lowest BCUT2D eigenvalue weighted by molar-refractivity contribution is 0.123. The van der Waals surface area contributed by atoms with E-state index in [4.69, 9.17) is 0 Å². The highest BCUT2D eigenvalue weighted by Crippen LogP contribution is 2.11. The van der Waals surface area contributed by atoms with Gasteiger partial charge in [-0.15, -0.1) is 0 Å². The van der Waals surface area contributed by atoms with Crippen LogP contribution in [0, 0.1) is 0 Å². The lowest BCUT2D eigenvalue weighted by Gasteiger charge is -2.34. The summed E-state index contributed by atoms with van der Waals surface area (Å²) in [5.41, 5.74) is 2.52. The molecule has 4 rings (SSSR count). The van der Waals surface area contributed by atoms with Crippen molar-refractivity contribution in [1.29, 1.82) is 0 Å². The molecule has 0 amide bonds. The number of fused-ring (bicyclic) bond motifs is 1. The molecule has 7 nitrogen and oxygen atoms in total. The maximum atomic E-state index is 4.24. The molecule has 0 N–H and O–H groups in total. The minimum Gasteiger partial charge on any atom is -0.299 e. The Labute approximate surface area is 135 Å². The van der Waals surface area contributed by atoms with E-state index in [9.17, 15) is 0 Å². The predicted molar refractivity (Wildman–Crippen MR) is 86.9 cm³/mol. The maximum Gasteiger partial charge on any atom is 0.137 e. The van der Waals surface area contributed by atoms with Crippen molar-refractivity contribution in [2.45, 2.75) is 13.1 Å². The van der Waals surface area contributed by atoms with Gasteiger partial charge in [-0.05, 0) is 23.8 Å². The molecule has 1 aliphatic heterocycles. The van der Waals surface area contributed by atoms with Crippen LogP contribution in [0.2, 0.25) is 0 Å². The van der Waals surface area contributed by atoms with Gasteiger partial charge in [-0.2, -0.15) is 10.2 Å². The minimum atomic E-state index is 0.915. The van der Waals surface area contributed by atoms with Gasteiger partial charge >= 0.3 is 0 Å². The summed E-state index contributed by atoms with van der Waals surface area (Å²) in [6, 6.07) is 6.44. The SMILES string of the molecule is c1ncn(CCN2CCN(Cc3ccn4nccc4c3)CC2)n1. The molecule has 4 heterocycles. The number of hydrogen-bond acceptors (Lipinski definition) is 5. The van der Waals surface area contributed by atoms with Gasteiger partial charge in [0, 0.05) is 51.7 Å². The van der Waals surface area contributed by atoms with Crippen LogP contribution in [0.25, 0.3) is 5.52 Å². The highest BCUT2D eigenvalue weighted by Gasteiger charge is 2.16. The molecule has 0 aliphatic carbocycles. The molecule has 3 aromatic rings. The fraction of sp³-hybridized carbons (Fsp3) is 0.438.